The van der Waals surface area contributed by atoms with E-state index in [1.807, 2.05) is 19.9 Å². The summed E-state index contributed by atoms with van der Waals surface area (Å²) in [6.45, 7) is 11.8. The van der Waals surface area contributed by atoms with Crippen LogP contribution in [-0.2, 0) is 9.53 Å². The Balaban J connectivity index is 2.82. The van der Waals surface area contributed by atoms with Crippen LogP contribution in [0.5, 0.6) is 0 Å². The Morgan fingerprint density at radius 1 is 1.38 bits per heavy atom. The van der Waals surface area contributed by atoms with Gasteiger partial charge in [-0.15, -0.1) is 0 Å². The Morgan fingerprint density at radius 2 is 2.00 bits per heavy atom. The van der Waals surface area contributed by atoms with E-state index in [0.717, 1.165) is 12.8 Å². The van der Waals surface area contributed by atoms with Crippen LogP contribution in [0.25, 0.3) is 0 Å². The highest BCUT2D eigenvalue weighted by atomic mass is 16.6. The standard InChI is InChI=1S/C14H22O2/c1-6-14(16-12(15)11(2)3)9-7-13(4,5)8-10-14/h6-7,9,11H,1,8,10H2,2-5H3. The molecule has 2 nitrogen and oxygen atoms in total. The smallest absolute Gasteiger partial charge is 0.309 e. The van der Waals surface area contributed by atoms with Crippen molar-refractivity contribution in [2.45, 2.75) is 46.1 Å². The van der Waals surface area contributed by atoms with Gasteiger partial charge in [0.15, 0.2) is 0 Å². The van der Waals surface area contributed by atoms with Crippen LogP contribution in [0.15, 0.2) is 24.8 Å². The van der Waals surface area contributed by atoms with Gasteiger partial charge in [-0.1, -0.05) is 40.3 Å². The van der Waals surface area contributed by atoms with Gasteiger partial charge < -0.3 is 4.74 Å². The van der Waals surface area contributed by atoms with E-state index in [0.29, 0.717) is 0 Å². The molecule has 0 saturated heterocycles. The van der Waals surface area contributed by atoms with Gasteiger partial charge in [-0.25, -0.2) is 0 Å². The van der Waals surface area contributed by atoms with Crippen LogP contribution in [0, 0.1) is 11.3 Å². The van der Waals surface area contributed by atoms with Gasteiger partial charge in [-0.2, -0.15) is 0 Å². The summed E-state index contributed by atoms with van der Waals surface area (Å²) in [5.74, 6) is -0.260. The summed E-state index contributed by atoms with van der Waals surface area (Å²) in [7, 11) is 0. The van der Waals surface area contributed by atoms with Gasteiger partial charge in [0, 0.05) is 0 Å². The summed E-state index contributed by atoms with van der Waals surface area (Å²) in [6, 6.07) is 0. The Bertz CT molecular complexity index is 313. The number of hydrogen-bond acceptors (Lipinski definition) is 2. The van der Waals surface area contributed by atoms with Crippen LogP contribution >= 0.6 is 0 Å². The molecule has 2 heteroatoms. The van der Waals surface area contributed by atoms with Gasteiger partial charge in [0.1, 0.15) is 5.60 Å². The maximum Gasteiger partial charge on any atom is 0.309 e. The molecule has 1 aliphatic carbocycles. The highest BCUT2D eigenvalue weighted by molar-refractivity contribution is 5.72. The Morgan fingerprint density at radius 3 is 2.38 bits per heavy atom. The van der Waals surface area contributed by atoms with E-state index < -0.39 is 5.60 Å². The van der Waals surface area contributed by atoms with E-state index >= 15 is 0 Å². The van der Waals surface area contributed by atoms with E-state index in [2.05, 4.69) is 26.5 Å². The van der Waals surface area contributed by atoms with Crippen molar-refractivity contribution >= 4 is 5.97 Å². The van der Waals surface area contributed by atoms with Crippen LogP contribution in [-0.4, -0.2) is 11.6 Å². The first-order valence-corrected chi connectivity index (χ1v) is 5.87. The zero-order chi connectivity index (χ0) is 12.4. The minimum atomic E-state index is -0.586. The molecule has 0 aliphatic heterocycles. The van der Waals surface area contributed by atoms with Gasteiger partial charge in [0.25, 0.3) is 0 Å². The van der Waals surface area contributed by atoms with Crippen molar-refractivity contribution in [2.24, 2.45) is 11.3 Å². The van der Waals surface area contributed by atoms with Gasteiger partial charge >= 0.3 is 5.97 Å². The molecule has 0 amide bonds. The molecule has 0 aromatic rings. The molecule has 0 fully saturated rings. The molecule has 0 aromatic carbocycles. The molecule has 0 saturated carbocycles. The second-order valence-corrected chi connectivity index (χ2v) is 5.56. The monoisotopic (exact) mass is 222 g/mol. The van der Waals surface area contributed by atoms with Crippen LogP contribution < -0.4 is 0 Å². The van der Waals surface area contributed by atoms with Crippen molar-refractivity contribution in [3.8, 4) is 0 Å². The lowest BCUT2D eigenvalue weighted by molar-refractivity contribution is -0.156. The summed E-state index contributed by atoms with van der Waals surface area (Å²) in [5.41, 5.74) is -0.395. The maximum atomic E-state index is 11.6. The van der Waals surface area contributed by atoms with Crippen molar-refractivity contribution in [1.82, 2.24) is 0 Å². The molecule has 0 heterocycles. The highest BCUT2D eigenvalue weighted by Crippen LogP contribution is 2.37. The van der Waals surface area contributed by atoms with E-state index in [9.17, 15) is 4.79 Å². The Labute approximate surface area is 98.4 Å². The topological polar surface area (TPSA) is 26.3 Å². The fraction of sp³-hybridized carbons (Fsp3) is 0.643. The lowest BCUT2D eigenvalue weighted by Crippen LogP contribution is -2.36. The normalized spacial score (nSPS) is 27.8. The van der Waals surface area contributed by atoms with Crippen LogP contribution in [0.1, 0.15) is 40.5 Å². The number of hydrogen-bond donors (Lipinski definition) is 0. The molecule has 90 valence electrons. The number of ether oxygens (including phenoxy) is 1. The zero-order valence-electron chi connectivity index (χ0n) is 10.7. The quantitative estimate of drug-likeness (QED) is 0.539. The number of carbonyl (C=O) groups excluding carboxylic acids is 1. The first-order valence-electron chi connectivity index (χ1n) is 5.87. The van der Waals surface area contributed by atoms with Crippen molar-refractivity contribution in [3.63, 3.8) is 0 Å². The predicted octanol–water partition coefficient (Wildman–Crippen LogP) is 3.49. The molecule has 1 unspecified atom stereocenters. The minimum absolute atomic E-state index is 0.0971. The molecule has 0 N–H and O–H groups in total. The third kappa shape index (κ3) is 2.97. The molecule has 0 aromatic heterocycles. The maximum absolute atomic E-state index is 11.6. The van der Waals surface area contributed by atoms with Crippen molar-refractivity contribution in [1.29, 1.82) is 0 Å². The zero-order valence-corrected chi connectivity index (χ0v) is 10.7. The molecule has 16 heavy (non-hydrogen) atoms. The van der Waals surface area contributed by atoms with E-state index in [1.165, 1.54) is 0 Å². The molecule has 1 atom stereocenters. The van der Waals surface area contributed by atoms with Crippen molar-refractivity contribution in [3.05, 3.63) is 24.8 Å². The van der Waals surface area contributed by atoms with Gasteiger partial charge in [0.05, 0.1) is 5.92 Å². The van der Waals surface area contributed by atoms with E-state index in [1.54, 1.807) is 6.08 Å². The summed E-state index contributed by atoms with van der Waals surface area (Å²) in [4.78, 5) is 11.6. The molecule has 0 radical (unpaired) electrons. The molecule has 1 aliphatic rings. The lowest BCUT2D eigenvalue weighted by Gasteiger charge is -2.36. The number of rotatable bonds is 3. The summed E-state index contributed by atoms with van der Waals surface area (Å²) in [6.07, 6.45) is 7.65. The Kier molecular flexibility index (Phi) is 3.61. The molecular weight excluding hydrogens is 200 g/mol. The summed E-state index contributed by atoms with van der Waals surface area (Å²) < 4.78 is 5.54. The van der Waals surface area contributed by atoms with Gasteiger partial charge in [-0.3, -0.25) is 4.79 Å². The average molecular weight is 222 g/mol. The second-order valence-electron chi connectivity index (χ2n) is 5.56. The van der Waals surface area contributed by atoms with E-state index in [-0.39, 0.29) is 17.3 Å². The van der Waals surface area contributed by atoms with Gasteiger partial charge in [0.2, 0.25) is 0 Å². The molecule has 1 rings (SSSR count). The third-order valence-electron chi connectivity index (χ3n) is 3.08. The number of allylic oxidation sites excluding steroid dienone is 1. The number of carbonyl (C=O) groups is 1. The predicted molar refractivity (Wildman–Crippen MR) is 66.0 cm³/mol. The first kappa shape index (κ1) is 13.0. The van der Waals surface area contributed by atoms with Crippen molar-refractivity contribution < 1.29 is 9.53 Å². The third-order valence-corrected chi connectivity index (χ3v) is 3.08. The van der Waals surface area contributed by atoms with Crippen LogP contribution in [0.3, 0.4) is 0 Å². The first-order chi connectivity index (χ1) is 7.30. The molecule has 0 bridgehead atoms. The van der Waals surface area contributed by atoms with Crippen LogP contribution in [0.2, 0.25) is 0 Å². The van der Waals surface area contributed by atoms with Gasteiger partial charge in [-0.05, 0) is 30.4 Å². The Hall–Kier alpha value is -1.05. The highest BCUT2D eigenvalue weighted by Gasteiger charge is 2.35. The van der Waals surface area contributed by atoms with Crippen LogP contribution in [0.4, 0.5) is 0 Å². The summed E-state index contributed by atoms with van der Waals surface area (Å²) in [5, 5.41) is 0. The molecule has 0 spiro atoms. The van der Waals surface area contributed by atoms with Crippen molar-refractivity contribution in [2.75, 3.05) is 0 Å². The fourth-order valence-electron chi connectivity index (χ4n) is 1.65. The number of esters is 1. The minimum Gasteiger partial charge on any atom is -0.450 e. The second kappa shape index (κ2) is 4.44. The molecular formula is C14H22O2. The fourth-order valence-corrected chi connectivity index (χ4v) is 1.65. The lowest BCUT2D eigenvalue weighted by atomic mass is 9.77. The summed E-state index contributed by atoms with van der Waals surface area (Å²) >= 11 is 0. The van der Waals surface area contributed by atoms with E-state index in [4.69, 9.17) is 4.74 Å². The largest absolute Gasteiger partial charge is 0.450 e. The average Bonchev–Trinajstić information content (AvgIpc) is 2.21. The SMILES string of the molecule is C=CC1(OC(=O)C(C)C)C=CC(C)(C)CC1.